The van der Waals surface area contributed by atoms with Gasteiger partial charge in [-0.05, 0) is 43.6 Å². The molecule has 2 aromatic heterocycles. The zero-order valence-corrected chi connectivity index (χ0v) is 12.0. The van der Waals surface area contributed by atoms with E-state index in [0.717, 1.165) is 17.1 Å². The van der Waals surface area contributed by atoms with Crippen LogP contribution in [0.3, 0.4) is 0 Å². The van der Waals surface area contributed by atoms with Crippen LogP contribution in [0.1, 0.15) is 55.4 Å². The normalized spacial score (nSPS) is 23.1. The molecule has 0 saturated heterocycles. The third-order valence-electron chi connectivity index (χ3n) is 4.37. The van der Waals surface area contributed by atoms with Gasteiger partial charge in [0.15, 0.2) is 0 Å². The molecule has 0 spiro atoms. The molecule has 2 aliphatic rings. The average molecular weight is 274 g/mol. The van der Waals surface area contributed by atoms with E-state index in [1.54, 1.807) is 6.33 Å². The summed E-state index contributed by atoms with van der Waals surface area (Å²) in [6.07, 6.45) is 9.45. The number of rotatable bonds is 2. The molecule has 1 saturated carbocycles. The van der Waals surface area contributed by atoms with Crippen LogP contribution in [-0.2, 0) is 6.42 Å². The highest BCUT2D eigenvalue weighted by Gasteiger charge is 2.30. The van der Waals surface area contributed by atoms with Gasteiger partial charge in [-0.2, -0.15) is 0 Å². The van der Waals surface area contributed by atoms with Crippen molar-refractivity contribution < 1.29 is 4.74 Å². The van der Waals surface area contributed by atoms with E-state index < -0.39 is 0 Å². The quantitative estimate of drug-likeness (QED) is 0.828. The van der Waals surface area contributed by atoms with E-state index in [4.69, 9.17) is 4.74 Å². The van der Waals surface area contributed by atoms with Crippen molar-refractivity contribution in [3.05, 3.63) is 16.8 Å². The number of hydrogen-bond acceptors (Lipinski definition) is 4. The molecular formula is C15H18N2OS. The summed E-state index contributed by atoms with van der Waals surface area (Å²) < 4.78 is 6.19. The van der Waals surface area contributed by atoms with Crippen LogP contribution in [0, 0.1) is 0 Å². The lowest BCUT2D eigenvalue weighted by Gasteiger charge is -2.24. The van der Waals surface area contributed by atoms with Crippen LogP contribution >= 0.6 is 11.3 Å². The van der Waals surface area contributed by atoms with Crippen LogP contribution in [0.2, 0.25) is 0 Å². The third kappa shape index (κ3) is 1.84. The molecule has 0 N–H and O–H groups in total. The summed E-state index contributed by atoms with van der Waals surface area (Å²) in [6.45, 7) is 2.28. The summed E-state index contributed by atoms with van der Waals surface area (Å²) in [5, 5.41) is 1.20. The Morgan fingerprint density at radius 1 is 1.21 bits per heavy atom. The number of thiophene rings is 1. The Bertz CT molecular complexity index is 616. The second-order valence-corrected chi connectivity index (χ2v) is 6.82. The lowest BCUT2D eigenvalue weighted by atomic mass is 9.85. The number of ether oxygens (including phenoxy) is 1. The summed E-state index contributed by atoms with van der Waals surface area (Å²) in [5.41, 5.74) is 1.44. The minimum Gasteiger partial charge on any atom is -0.474 e. The summed E-state index contributed by atoms with van der Waals surface area (Å²) >= 11 is 1.82. The van der Waals surface area contributed by atoms with Crippen LogP contribution in [-0.4, -0.2) is 16.1 Å². The molecule has 0 bridgehead atoms. The van der Waals surface area contributed by atoms with E-state index in [1.165, 1.54) is 47.9 Å². The van der Waals surface area contributed by atoms with Gasteiger partial charge in [-0.3, -0.25) is 0 Å². The van der Waals surface area contributed by atoms with Crippen molar-refractivity contribution in [2.45, 2.75) is 57.5 Å². The van der Waals surface area contributed by atoms with E-state index in [9.17, 15) is 0 Å². The van der Waals surface area contributed by atoms with E-state index in [2.05, 4.69) is 16.9 Å². The molecule has 1 atom stereocenters. The topological polar surface area (TPSA) is 35.0 Å². The number of hydrogen-bond donors (Lipinski definition) is 0. The minimum atomic E-state index is 0.361. The molecule has 2 aliphatic carbocycles. The van der Waals surface area contributed by atoms with Gasteiger partial charge < -0.3 is 4.74 Å². The van der Waals surface area contributed by atoms with Crippen molar-refractivity contribution in [2.75, 3.05) is 0 Å². The Hall–Kier alpha value is -1.16. The molecule has 0 aromatic carbocycles. The van der Waals surface area contributed by atoms with Crippen molar-refractivity contribution in [2.24, 2.45) is 0 Å². The van der Waals surface area contributed by atoms with Gasteiger partial charge >= 0.3 is 0 Å². The van der Waals surface area contributed by atoms with Crippen molar-refractivity contribution in [3.8, 4) is 5.88 Å². The first-order chi connectivity index (χ1) is 9.33. The van der Waals surface area contributed by atoms with Crippen LogP contribution in [0.25, 0.3) is 10.2 Å². The first kappa shape index (κ1) is 11.6. The van der Waals surface area contributed by atoms with Crippen molar-refractivity contribution in [1.29, 1.82) is 0 Å². The molecule has 0 aliphatic heterocycles. The Morgan fingerprint density at radius 2 is 2.05 bits per heavy atom. The van der Waals surface area contributed by atoms with Crippen molar-refractivity contribution in [1.82, 2.24) is 9.97 Å². The molecule has 19 heavy (non-hydrogen) atoms. The molecule has 2 aromatic rings. The molecule has 100 valence electrons. The second kappa shape index (κ2) is 4.44. The summed E-state index contributed by atoms with van der Waals surface area (Å²) in [4.78, 5) is 11.4. The fourth-order valence-electron chi connectivity index (χ4n) is 3.28. The molecular weight excluding hydrogens is 256 g/mol. The second-order valence-electron chi connectivity index (χ2n) is 5.79. The van der Waals surface area contributed by atoms with E-state index in [1.807, 2.05) is 11.3 Å². The van der Waals surface area contributed by atoms with Gasteiger partial charge in [-0.1, -0.05) is 13.3 Å². The van der Waals surface area contributed by atoms with E-state index in [0.29, 0.717) is 12.0 Å². The summed E-state index contributed by atoms with van der Waals surface area (Å²) in [5.74, 6) is 1.53. The lowest BCUT2D eigenvalue weighted by Crippen LogP contribution is -2.20. The fraction of sp³-hybridized carbons (Fsp3) is 0.600. The smallest absolute Gasteiger partial charge is 0.225 e. The fourth-order valence-corrected chi connectivity index (χ4v) is 4.49. The van der Waals surface area contributed by atoms with Gasteiger partial charge in [0.25, 0.3) is 0 Å². The number of fused-ring (bicyclic) bond motifs is 3. The first-order valence-electron chi connectivity index (χ1n) is 7.26. The Morgan fingerprint density at radius 3 is 2.84 bits per heavy atom. The van der Waals surface area contributed by atoms with E-state index >= 15 is 0 Å². The zero-order valence-electron chi connectivity index (χ0n) is 11.2. The minimum absolute atomic E-state index is 0.361. The first-order valence-corrected chi connectivity index (χ1v) is 8.07. The number of aromatic nitrogens is 2. The molecule has 4 rings (SSSR count). The molecule has 2 heterocycles. The van der Waals surface area contributed by atoms with Crippen molar-refractivity contribution in [3.63, 3.8) is 0 Å². The summed E-state index contributed by atoms with van der Waals surface area (Å²) in [6, 6.07) is 0. The highest BCUT2D eigenvalue weighted by atomic mass is 32.1. The van der Waals surface area contributed by atoms with Crippen LogP contribution in [0.15, 0.2) is 6.33 Å². The molecule has 0 radical (unpaired) electrons. The highest BCUT2D eigenvalue weighted by molar-refractivity contribution is 7.19. The van der Waals surface area contributed by atoms with Gasteiger partial charge in [-0.15, -0.1) is 11.3 Å². The average Bonchev–Trinajstić information content (AvgIpc) is 2.74. The van der Waals surface area contributed by atoms with Crippen molar-refractivity contribution >= 4 is 21.6 Å². The Labute approximate surface area is 117 Å². The van der Waals surface area contributed by atoms with Gasteiger partial charge in [-0.25, -0.2) is 9.97 Å². The van der Waals surface area contributed by atoms with Crippen LogP contribution < -0.4 is 4.74 Å². The van der Waals surface area contributed by atoms with Gasteiger partial charge in [0, 0.05) is 4.88 Å². The van der Waals surface area contributed by atoms with Gasteiger partial charge in [0.2, 0.25) is 5.88 Å². The molecule has 1 unspecified atom stereocenters. The SMILES string of the molecule is CC1Cc2c1sc1ncnc(OC3CCCCC3)c21. The van der Waals surface area contributed by atoms with Gasteiger partial charge in [0.05, 0.1) is 5.39 Å². The largest absolute Gasteiger partial charge is 0.474 e. The maximum atomic E-state index is 6.19. The molecule has 3 nitrogen and oxygen atoms in total. The Kier molecular flexibility index (Phi) is 2.72. The Balaban J connectivity index is 1.71. The van der Waals surface area contributed by atoms with Gasteiger partial charge in [0.1, 0.15) is 17.3 Å². The maximum Gasteiger partial charge on any atom is 0.225 e. The predicted molar refractivity (Wildman–Crippen MR) is 77.0 cm³/mol. The zero-order chi connectivity index (χ0) is 12.8. The standard InChI is InChI=1S/C15H18N2OS/c1-9-7-11-12-14(18-10-5-3-2-4-6-10)16-8-17-15(12)19-13(9)11/h8-10H,2-7H2,1H3. The summed E-state index contributed by atoms with van der Waals surface area (Å²) in [7, 11) is 0. The third-order valence-corrected chi connectivity index (χ3v) is 5.74. The number of nitrogens with zero attached hydrogens (tertiary/aromatic N) is 2. The monoisotopic (exact) mass is 274 g/mol. The highest BCUT2D eigenvalue weighted by Crippen LogP contribution is 2.47. The maximum absolute atomic E-state index is 6.19. The molecule has 0 amide bonds. The van der Waals surface area contributed by atoms with Crippen LogP contribution in [0.4, 0.5) is 0 Å². The van der Waals surface area contributed by atoms with Crippen LogP contribution in [0.5, 0.6) is 5.88 Å². The predicted octanol–water partition coefficient (Wildman–Crippen LogP) is 4.06. The van der Waals surface area contributed by atoms with E-state index in [-0.39, 0.29) is 0 Å². The lowest BCUT2D eigenvalue weighted by molar-refractivity contribution is 0.150. The molecule has 1 fully saturated rings. The molecule has 4 heteroatoms.